The van der Waals surface area contributed by atoms with Gasteiger partial charge in [-0.25, -0.2) is 8.42 Å². The van der Waals surface area contributed by atoms with Gasteiger partial charge in [-0.15, -0.1) is 0 Å². The van der Waals surface area contributed by atoms with Crippen LogP contribution in [0.4, 0.5) is 8.78 Å². The van der Waals surface area contributed by atoms with Gasteiger partial charge in [-0.3, -0.25) is 4.79 Å². The highest BCUT2D eigenvalue weighted by atomic mass is 79.9. The summed E-state index contributed by atoms with van der Waals surface area (Å²) in [6.45, 7) is -3.48. The lowest BCUT2D eigenvalue weighted by Crippen LogP contribution is -2.55. The summed E-state index contributed by atoms with van der Waals surface area (Å²) < 4.78 is 62.8. The zero-order valence-electron chi connectivity index (χ0n) is 16.1. The topological polar surface area (TPSA) is 72.9 Å². The predicted octanol–water partition coefficient (Wildman–Crippen LogP) is 4.29. The van der Waals surface area contributed by atoms with Crippen LogP contribution in [0.3, 0.4) is 0 Å². The fraction of sp³-hybridized carbons (Fsp3) is 0.350. The average Bonchev–Trinajstić information content (AvgIpc) is 2.67. The number of hydrogen-bond acceptors (Lipinski definition) is 5. The molecule has 0 amide bonds. The predicted molar refractivity (Wildman–Crippen MR) is 109 cm³/mol. The molecule has 30 heavy (non-hydrogen) atoms. The smallest absolute Gasteiger partial charge is 0.387 e. The van der Waals surface area contributed by atoms with Gasteiger partial charge in [0, 0.05) is 4.47 Å². The van der Waals surface area contributed by atoms with Crippen molar-refractivity contribution in [3.05, 3.63) is 58.6 Å². The Balaban J connectivity index is 2.04. The number of alkyl halides is 2. The highest BCUT2D eigenvalue weighted by molar-refractivity contribution is 9.10. The number of carbonyl (C=O) groups is 1. The third-order valence-corrected chi connectivity index (χ3v) is 7.63. The number of nitrogens with zero attached hydrogens (tertiary/aromatic N) is 1. The second kappa shape index (κ2) is 8.99. The van der Waals surface area contributed by atoms with E-state index in [2.05, 4.69) is 20.7 Å². The second-order valence-corrected chi connectivity index (χ2v) is 9.61. The van der Waals surface area contributed by atoms with Crippen LogP contribution in [0.15, 0.2) is 57.9 Å². The summed E-state index contributed by atoms with van der Waals surface area (Å²) in [5.41, 5.74) is -0.131. The third kappa shape index (κ3) is 4.50. The van der Waals surface area contributed by atoms with Gasteiger partial charge in [0.15, 0.2) is 0 Å². The van der Waals surface area contributed by atoms with E-state index in [0.29, 0.717) is 12.8 Å². The first kappa shape index (κ1) is 22.6. The van der Waals surface area contributed by atoms with Crippen LogP contribution in [-0.4, -0.2) is 39.0 Å². The molecule has 2 aromatic carbocycles. The molecule has 162 valence electrons. The molecule has 1 aliphatic carbocycles. The lowest BCUT2D eigenvalue weighted by Gasteiger charge is -2.49. The molecule has 0 spiro atoms. The van der Waals surface area contributed by atoms with Crippen molar-refractivity contribution >= 4 is 31.9 Å². The summed E-state index contributed by atoms with van der Waals surface area (Å²) in [6.07, 6.45) is 1.87. The van der Waals surface area contributed by atoms with Gasteiger partial charge in [-0.2, -0.15) is 13.1 Å². The Labute approximate surface area is 182 Å². The fourth-order valence-electron chi connectivity index (χ4n) is 3.52. The molecule has 2 aromatic rings. The van der Waals surface area contributed by atoms with Gasteiger partial charge in [0.05, 0.1) is 17.5 Å². The van der Waals surface area contributed by atoms with Crippen LogP contribution in [0.1, 0.15) is 24.8 Å². The minimum absolute atomic E-state index is 0.128. The van der Waals surface area contributed by atoms with E-state index in [-0.39, 0.29) is 10.6 Å². The first-order valence-corrected chi connectivity index (χ1v) is 11.3. The van der Waals surface area contributed by atoms with Crippen LogP contribution in [0, 0.1) is 0 Å². The average molecular weight is 504 g/mol. The Hall–Kier alpha value is -2.04. The maximum absolute atomic E-state index is 13.5. The van der Waals surface area contributed by atoms with Crippen LogP contribution in [0.25, 0.3) is 0 Å². The molecule has 0 bridgehead atoms. The maximum atomic E-state index is 13.5. The summed E-state index contributed by atoms with van der Waals surface area (Å²) >= 11 is 3.37. The maximum Gasteiger partial charge on any atom is 0.387 e. The zero-order chi connectivity index (χ0) is 21.9. The number of carbonyl (C=O) groups excluding carboxylic acids is 1. The minimum Gasteiger partial charge on any atom is -0.468 e. The van der Waals surface area contributed by atoms with Crippen LogP contribution < -0.4 is 4.74 Å². The first-order chi connectivity index (χ1) is 14.2. The summed E-state index contributed by atoms with van der Waals surface area (Å²) in [5, 5.41) is 0. The molecule has 1 aliphatic rings. The molecular formula is C20H20BrF2NO5S. The highest BCUT2D eigenvalue weighted by Crippen LogP contribution is 2.49. The number of hydrogen-bond donors (Lipinski definition) is 0. The monoisotopic (exact) mass is 503 g/mol. The highest BCUT2D eigenvalue weighted by Gasteiger charge is 2.50. The van der Waals surface area contributed by atoms with Gasteiger partial charge < -0.3 is 9.47 Å². The van der Waals surface area contributed by atoms with Crippen molar-refractivity contribution < 1.29 is 31.5 Å². The minimum atomic E-state index is -4.15. The van der Waals surface area contributed by atoms with E-state index in [4.69, 9.17) is 4.74 Å². The summed E-state index contributed by atoms with van der Waals surface area (Å²) in [7, 11) is -2.96. The molecule has 10 heteroatoms. The molecule has 6 nitrogen and oxygen atoms in total. The Bertz CT molecular complexity index is 993. The fourth-order valence-corrected chi connectivity index (χ4v) is 5.54. The number of benzene rings is 2. The number of halogens is 3. The number of rotatable bonds is 8. The summed E-state index contributed by atoms with van der Waals surface area (Å²) in [5.74, 6) is -0.852. The Morgan fingerprint density at radius 2 is 1.73 bits per heavy atom. The third-order valence-electron chi connectivity index (χ3n) is 5.18. The summed E-state index contributed by atoms with van der Waals surface area (Å²) in [6, 6.07) is 12.0. The van der Waals surface area contributed by atoms with Crippen molar-refractivity contribution in [2.24, 2.45) is 0 Å². The SMILES string of the molecule is COC(=O)CN(C1(c2ccc(Br)cc2)CCC1)S(=O)(=O)c1ccc(OC(F)F)cc1. The second-order valence-electron chi connectivity index (χ2n) is 6.83. The zero-order valence-corrected chi connectivity index (χ0v) is 18.5. The number of sulfonamides is 1. The molecule has 0 N–H and O–H groups in total. The largest absolute Gasteiger partial charge is 0.468 e. The number of methoxy groups -OCH3 is 1. The Morgan fingerprint density at radius 1 is 1.13 bits per heavy atom. The number of ether oxygens (including phenoxy) is 2. The Morgan fingerprint density at radius 3 is 2.20 bits per heavy atom. The van der Waals surface area contributed by atoms with Crippen LogP contribution in [0.2, 0.25) is 0 Å². The van der Waals surface area contributed by atoms with Gasteiger partial charge in [-0.05, 0) is 61.2 Å². The summed E-state index contributed by atoms with van der Waals surface area (Å²) in [4.78, 5) is 12.0. The molecular weight excluding hydrogens is 484 g/mol. The van der Waals surface area contributed by atoms with E-state index in [1.54, 1.807) is 0 Å². The van der Waals surface area contributed by atoms with Gasteiger partial charge in [0.25, 0.3) is 0 Å². The van der Waals surface area contributed by atoms with Crippen molar-refractivity contribution in [2.45, 2.75) is 36.3 Å². The van der Waals surface area contributed by atoms with Crippen molar-refractivity contribution in [1.29, 1.82) is 0 Å². The van der Waals surface area contributed by atoms with Crippen LogP contribution >= 0.6 is 15.9 Å². The normalized spacial score (nSPS) is 15.7. The molecule has 0 heterocycles. The molecule has 0 radical (unpaired) electrons. The molecule has 3 rings (SSSR count). The van der Waals surface area contributed by atoms with E-state index < -0.39 is 34.7 Å². The molecule has 0 aromatic heterocycles. The van der Waals surface area contributed by atoms with Crippen molar-refractivity contribution in [3.63, 3.8) is 0 Å². The van der Waals surface area contributed by atoms with E-state index in [0.717, 1.165) is 32.9 Å². The van der Waals surface area contributed by atoms with Gasteiger partial charge >= 0.3 is 12.6 Å². The van der Waals surface area contributed by atoms with Gasteiger partial charge in [0.2, 0.25) is 10.0 Å². The molecule has 1 fully saturated rings. The van der Waals surface area contributed by atoms with Gasteiger partial charge in [0.1, 0.15) is 12.3 Å². The Kier molecular flexibility index (Phi) is 6.78. The van der Waals surface area contributed by atoms with Crippen LogP contribution in [0.5, 0.6) is 5.75 Å². The lowest BCUT2D eigenvalue weighted by atomic mass is 9.71. The first-order valence-electron chi connectivity index (χ1n) is 9.10. The van der Waals surface area contributed by atoms with E-state index >= 15 is 0 Å². The standard InChI is InChI=1S/C20H20BrF2NO5S/c1-28-18(25)13-24(20(11-2-12-20)14-3-5-15(21)6-4-14)30(26,27)17-9-7-16(8-10-17)29-19(22)23/h3-10,19H,2,11-13H2,1H3. The molecule has 0 unspecified atom stereocenters. The molecule has 1 saturated carbocycles. The molecule has 0 aliphatic heterocycles. The molecule has 0 atom stereocenters. The quantitative estimate of drug-likeness (QED) is 0.502. The van der Waals surface area contributed by atoms with Crippen molar-refractivity contribution in [3.8, 4) is 5.75 Å². The van der Waals surface area contributed by atoms with E-state index in [1.807, 2.05) is 24.3 Å². The number of esters is 1. The lowest BCUT2D eigenvalue weighted by molar-refractivity contribution is -0.142. The van der Waals surface area contributed by atoms with E-state index in [9.17, 15) is 22.0 Å². The van der Waals surface area contributed by atoms with Crippen LogP contribution in [-0.2, 0) is 25.1 Å². The van der Waals surface area contributed by atoms with Crippen molar-refractivity contribution in [2.75, 3.05) is 13.7 Å². The molecule has 0 saturated heterocycles. The van der Waals surface area contributed by atoms with Gasteiger partial charge in [-0.1, -0.05) is 28.1 Å². The van der Waals surface area contributed by atoms with Crippen molar-refractivity contribution in [1.82, 2.24) is 4.31 Å². The van der Waals surface area contributed by atoms with E-state index in [1.165, 1.54) is 19.2 Å².